The monoisotopic (exact) mass is 215 g/mol. The van der Waals surface area contributed by atoms with E-state index in [0.717, 1.165) is 30.5 Å². The van der Waals surface area contributed by atoms with Crippen LogP contribution in [0.3, 0.4) is 0 Å². The number of hydrogen-bond donors (Lipinski definition) is 0. The molecule has 0 aliphatic carbocycles. The summed E-state index contributed by atoms with van der Waals surface area (Å²) in [7, 11) is 2.02. The summed E-state index contributed by atoms with van der Waals surface area (Å²) in [5.74, 6) is 0.262. The van der Waals surface area contributed by atoms with Crippen molar-refractivity contribution in [2.45, 2.75) is 19.3 Å². The molecule has 2 heteroatoms. The van der Waals surface area contributed by atoms with Gasteiger partial charge in [-0.1, -0.05) is 30.3 Å². The van der Waals surface area contributed by atoms with E-state index < -0.39 is 0 Å². The van der Waals surface area contributed by atoms with Crippen LogP contribution in [0.2, 0.25) is 0 Å². The number of rotatable bonds is 3. The van der Waals surface area contributed by atoms with Gasteiger partial charge in [-0.05, 0) is 18.4 Å². The second kappa shape index (κ2) is 4.97. The van der Waals surface area contributed by atoms with Gasteiger partial charge in [-0.3, -0.25) is 4.79 Å². The Labute approximate surface area is 96.6 Å². The van der Waals surface area contributed by atoms with Crippen LogP contribution in [0, 0.1) is 0 Å². The molecular formula is C14H17NO. The normalized spacial score (nSPS) is 15.8. The topological polar surface area (TPSA) is 20.3 Å². The molecule has 2 rings (SSSR count). The van der Waals surface area contributed by atoms with E-state index in [1.165, 1.54) is 0 Å². The molecule has 0 spiro atoms. The molecule has 1 aliphatic rings. The lowest BCUT2D eigenvalue weighted by Gasteiger charge is -2.21. The molecule has 16 heavy (non-hydrogen) atoms. The van der Waals surface area contributed by atoms with Gasteiger partial charge in [0, 0.05) is 31.8 Å². The van der Waals surface area contributed by atoms with E-state index >= 15 is 0 Å². The van der Waals surface area contributed by atoms with Gasteiger partial charge in [0.15, 0.2) is 5.78 Å². The molecule has 1 heterocycles. The number of carbonyl (C=O) groups excluding carboxylic acids is 1. The number of allylic oxidation sites excluding steroid dienone is 1. The van der Waals surface area contributed by atoms with Crippen LogP contribution >= 0.6 is 0 Å². The van der Waals surface area contributed by atoms with Gasteiger partial charge in [0.05, 0.1) is 0 Å². The van der Waals surface area contributed by atoms with E-state index in [0.29, 0.717) is 6.42 Å². The van der Waals surface area contributed by atoms with Gasteiger partial charge in [-0.2, -0.15) is 0 Å². The maximum Gasteiger partial charge on any atom is 0.164 e. The molecule has 0 radical (unpaired) electrons. The lowest BCUT2D eigenvalue weighted by atomic mass is 9.98. The Morgan fingerprint density at radius 3 is 2.75 bits per heavy atom. The van der Waals surface area contributed by atoms with E-state index in [4.69, 9.17) is 0 Å². The molecule has 0 bridgehead atoms. The Hall–Kier alpha value is -1.57. The smallest absolute Gasteiger partial charge is 0.164 e. The second-order valence-corrected chi connectivity index (χ2v) is 4.32. The van der Waals surface area contributed by atoms with E-state index in [2.05, 4.69) is 4.90 Å². The van der Waals surface area contributed by atoms with Crippen molar-refractivity contribution < 1.29 is 4.79 Å². The Morgan fingerprint density at radius 1 is 1.31 bits per heavy atom. The molecule has 0 atom stereocenters. The van der Waals surface area contributed by atoms with Crippen molar-refractivity contribution in [3.63, 3.8) is 0 Å². The van der Waals surface area contributed by atoms with Crippen molar-refractivity contribution in [3.05, 3.63) is 47.7 Å². The van der Waals surface area contributed by atoms with Gasteiger partial charge < -0.3 is 4.90 Å². The lowest BCUT2D eigenvalue weighted by molar-refractivity contribution is -0.115. The quantitative estimate of drug-likeness (QED) is 0.771. The van der Waals surface area contributed by atoms with Crippen LogP contribution in [-0.4, -0.2) is 24.3 Å². The molecule has 2 nitrogen and oxygen atoms in total. The number of nitrogens with zero attached hydrogens (tertiary/aromatic N) is 1. The third-order valence-corrected chi connectivity index (χ3v) is 2.90. The fraction of sp³-hybridized carbons (Fsp3) is 0.357. The van der Waals surface area contributed by atoms with Crippen LogP contribution in [0.15, 0.2) is 42.1 Å². The number of ketones is 1. The Kier molecular flexibility index (Phi) is 3.40. The van der Waals surface area contributed by atoms with Crippen molar-refractivity contribution in [1.82, 2.24) is 4.90 Å². The Morgan fingerprint density at radius 2 is 2.06 bits per heavy atom. The maximum absolute atomic E-state index is 12.0. The van der Waals surface area contributed by atoms with Gasteiger partial charge in [0.2, 0.25) is 0 Å². The third kappa shape index (κ3) is 2.72. The molecule has 0 fully saturated rings. The minimum absolute atomic E-state index is 0.262. The summed E-state index contributed by atoms with van der Waals surface area (Å²) in [5.41, 5.74) is 2.07. The summed E-state index contributed by atoms with van der Waals surface area (Å²) in [6.45, 7) is 1.06. The highest BCUT2D eigenvalue weighted by atomic mass is 16.1. The number of carbonyl (C=O) groups is 1. The van der Waals surface area contributed by atoms with E-state index in [9.17, 15) is 4.79 Å². The largest absolute Gasteiger partial charge is 0.380 e. The summed E-state index contributed by atoms with van der Waals surface area (Å²) >= 11 is 0. The van der Waals surface area contributed by atoms with Crippen LogP contribution < -0.4 is 0 Å². The lowest BCUT2D eigenvalue weighted by Crippen LogP contribution is -2.21. The van der Waals surface area contributed by atoms with Gasteiger partial charge in [-0.25, -0.2) is 0 Å². The summed E-state index contributed by atoms with van der Waals surface area (Å²) in [4.78, 5) is 14.1. The SMILES string of the molecule is CN1C=C(C(=O)Cc2ccccc2)CCC1. The highest BCUT2D eigenvalue weighted by Crippen LogP contribution is 2.16. The molecular weight excluding hydrogens is 198 g/mol. The van der Waals surface area contributed by atoms with E-state index in [-0.39, 0.29) is 5.78 Å². The van der Waals surface area contributed by atoms with Gasteiger partial charge >= 0.3 is 0 Å². The molecule has 0 aromatic heterocycles. The molecule has 1 aromatic carbocycles. The van der Waals surface area contributed by atoms with Crippen molar-refractivity contribution in [2.75, 3.05) is 13.6 Å². The first-order valence-corrected chi connectivity index (χ1v) is 5.74. The van der Waals surface area contributed by atoms with Crippen molar-refractivity contribution in [3.8, 4) is 0 Å². The van der Waals surface area contributed by atoms with Crippen LogP contribution in [0.4, 0.5) is 0 Å². The molecule has 0 saturated heterocycles. The highest BCUT2D eigenvalue weighted by molar-refractivity contribution is 5.96. The van der Waals surface area contributed by atoms with Crippen LogP contribution in [0.1, 0.15) is 18.4 Å². The zero-order valence-electron chi connectivity index (χ0n) is 9.65. The minimum Gasteiger partial charge on any atom is -0.380 e. The predicted octanol–water partition coefficient (Wildman–Crippen LogP) is 2.41. The molecule has 84 valence electrons. The molecule has 0 saturated carbocycles. The number of hydrogen-bond acceptors (Lipinski definition) is 2. The first-order chi connectivity index (χ1) is 7.75. The molecule has 1 aromatic rings. The van der Waals surface area contributed by atoms with Crippen LogP contribution in [-0.2, 0) is 11.2 Å². The van der Waals surface area contributed by atoms with E-state index in [1.807, 2.05) is 43.6 Å². The highest BCUT2D eigenvalue weighted by Gasteiger charge is 2.14. The third-order valence-electron chi connectivity index (χ3n) is 2.90. The Balaban J connectivity index is 2.03. The van der Waals surface area contributed by atoms with Crippen LogP contribution in [0.25, 0.3) is 0 Å². The summed E-state index contributed by atoms with van der Waals surface area (Å²) in [6.07, 6.45) is 4.54. The zero-order chi connectivity index (χ0) is 11.4. The van der Waals surface area contributed by atoms with Crippen LogP contribution in [0.5, 0.6) is 0 Å². The summed E-state index contributed by atoms with van der Waals surface area (Å²) < 4.78 is 0. The maximum atomic E-state index is 12.0. The fourth-order valence-electron chi connectivity index (χ4n) is 2.02. The number of benzene rings is 1. The minimum atomic E-state index is 0.262. The molecule has 1 aliphatic heterocycles. The summed E-state index contributed by atoms with van der Waals surface area (Å²) in [6, 6.07) is 9.94. The standard InChI is InChI=1S/C14H17NO/c1-15-9-5-8-13(11-15)14(16)10-12-6-3-2-4-7-12/h2-4,6-7,11H,5,8-10H2,1H3. The first-order valence-electron chi connectivity index (χ1n) is 5.74. The second-order valence-electron chi connectivity index (χ2n) is 4.32. The summed E-state index contributed by atoms with van der Waals surface area (Å²) in [5, 5.41) is 0. The van der Waals surface area contributed by atoms with Crippen molar-refractivity contribution in [1.29, 1.82) is 0 Å². The van der Waals surface area contributed by atoms with Gasteiger partial charge in [0.25, 0.3) is 0 Å². The Bertz CT molecular complexity index is 394. The predicted molar refractivity (Wildman–Crippen MR) is 65.1 cm³/mol. The van der Waals surface area contributed by atoms with E-state index in [1.54, 1.807) is 0 Å². The molecule has 0 unspecified atom stereocenters. The van der Waals surface area contributed by atoms with Gasteiger partial charge in [-0.15, -0.1) is 0 Å². The average Bonchev–Trinajstić information content (AvgIpc) is 2.30. The van der Waals surface area contributed by atoms with Crippen molar-refractivity contribution in [2.24, 2.45) is 0 Å². The fourth-order valence-corrected chi connectivity index (χ4v) is 2.02. The average molecular weight is 215 g/mol. The zero-order valence-corrected chi connectivity index (χ0v) is 9.65. The van der Waals surface area contributed by atoms with Crippen molar-refractivity contribution >= 4 is 5.78 Å². The molecule has 0 amide bonds. The van der Waals surface area contributed by atoms with Gasteiger partial charge in [0.1, 0.15) is 0 Å². The number of Topliss-reactive ketones (excluding diaryl/α,β-unsaturated/α-hetero) is 1. The first kappa shape index (κ1) is 10.9. The molecule has 0 N–H and O–H groups in total.